The molecule has 0 atom stereocenters. The fourth-order valence-corrected chi connectivity index (χ4v) is 3.24. The van der Waals surface area contributed by atoms with Crippen LogP contribution >= 0.6 is 0 Å². The van der Waals surface area contributed by atoms with E-state index in [1.54, 1.807) is 30.0 Å². The van der Waals surface area contributed by atoms with Crippen LogP contribution in [0.15, 0.2) is 42.5 Å². The number of benzene rings is 2. The molecule has 6 nitrogen and oxygen atoms in total. The first kappa shape index (κ1) is 17.7. The van der Waals surface area contributed by atoms with Crippen LogP contribution in [0.3, 0.4) is 0 Å². The van der Waals surface area contributed by atoms with Crippen molar-refractivity contribution in [2.45, 2.75) is 13.3 Å². The van der Waals surface area contributed by atoms with E-state index in [1.807, 2.05) is 24.3 Å². The Morgan fingerprint density at radius 1 is 1.12 bits per heavy atom. The van der Waals surface area contributed by atoms with Crippen LogP contribution in [0.25, 0.3) is 0 Å². The van der Waals surface area contributed by atoms with Gasteiger partial charge in [0.2, 0.25) is 5.91 Å². The molecule has 0 saturated heterocycles. The van der Waals surface area contributed by atoms with E-state index in [0.29, 0.717) is 36.3 Å². The van der Waals surface area contributed by atoms with Gasteiger partial charge in [-0.3, -0.25) is 14.4 Å². The molecule has 3 rings (SSSR count). The Kier molecular flexibility index (Phi) is 5.02. The monoisotopic (exact) mass is 351 g/mol. The summed E-state index contributed by atoms with van der Waals surface area (Å²) in [4.78, 5) is 38.0. The van der Waals surface area contributed by atoms with Gasteiger partial charge in [-0.15, -0.1) is 0 Å². The van der Waals surface area contributed by atoms with Crippen molar-refractivity contribution in [2.75, 3.05) is 19.6 Å². The van der Waals surface area contributed by atoms with E-state index in [-0.39, 0.29) is 11.8 Å². The van der Waals surface area contributed by atoms with Crippen LogP contribution in [-0.2, 0) is 6.42 Å². The second-order valence-corrected chi connectivity index (χ2v) is 6.30. The van der Waals surface area contributed by atoms with Gasteiger partial charge in [0.1, 0.15) is 0 Å². The Morgan fingerprint density at radius 3 is 2.62 bits per heavy atom. The van der Waals surface area contributed by atoms with Crippen molar-refractivity contribution in [1.82, 2.24) is 10.2 Å². The Balaban J connectivity index is 1.61. The minimum atomic E-state index is -0.560. The van der Waals surface area contributed by atoms with Crippen LogP contribution in [0.2, 0.25) is 0 Å². The van der Waals surface area contributed by atoms with Gasteiger partial charge in [0, 0.05) is 36.3 Å². The fraction of sp³-hybridized carbons (Fsp3) is 0.250. The number of carbonyl (C=O) groups is 3. The van der Waals surface area contributed by atoms with Crippen molar-refractivity contribution in [3.05, 3.63) is 70.3 Å². The van der Waals surface area contributed by atoms with Gasteiger partial charge in [0.15, 0.2) is 0 Å². The summed E-state index contributed by atoms with van der Waals surface area (Å²) in [5, 5.41) is 2.81. The molecule has 0 saturated carbocycles. The number of carbonyl (C=O) groups excluding carboxylic acids is 3. The standard InChI is InChI=1S/C20H21N3O3/c1-13-15(18(21)24)7-4-8-16(13)19(25)22-10-12-23-11-9-14-5-2-3-6-17(14)20(23)26/h2-8H,9-12H2,1H3,(H2,21,24)(H,22,25). The number of nitrogens with two attached hydrogens (primary N) is 1. The Labute approximate surface area is 152 Å². The highest BCUT2D eigenvalue weighted by Crippen LogP contribution is 2.18. The average Bonchev–Trinajstić information content (AvgIpc) is 2.63. The van der Waals surface area contributed by atoms with Crippen LogP contribution in [0.4, 0.5) is 0 Å². The summed E-state index contributed by atoms with van der Waals surface area (Å²) >= 11 is 0. The predicted molar refractivity (Wildman–Crippen MR) is 98.1 cm³/mol. The zero-order valence-electron chi connectivity index (χ0n) is 14.6. The van der Waals surface area contributed by atoms with Gasteiger partial charge in [-0.25, -0.2) is 0 Å². The minimum Gasteiger partial charge on any atom is -0.366 e. The maximum Gasteiger partial charge on any atom is 0.254 e. The van der Waals surface area contributed by atoms with Crippen molar-refractivity contribution in [2.24, 2.45) is 5.73 Å². The largest absolute Gasteiger partial charge is 0.366 e. The Morgan fingerprint density at radius 2 is 1.85 bits per heavy atom. The summed E-state index contributed by atoms with van der Waals surface area (Å²) < 4.78 is 0. The van der Waals surface area contributed by atoms with E-state index in [1.165, 1.54) is 0 Å². The molecular formula is C20H21N3O3. The normalized spacial score (nSPS) is 13.3. The van der Waals surface area contributed by atoms with E-state index in [0.717, 1.165) is 17.5 Å². The average molecular weight is 351 g/mol. The molecule has 0 bridgehead atoms. The molecule has 0 aliphatic carbocycles. The third-order valence-electron chi connectivity index (χ3n) is 4.70. The number of rotatable bonds is 5. The number of hydrogen-bond donors (Lipinski definition) is 2. The minimum absolute atomic E-state index is 0.00648. The number of primary amides is 1. The van der Waals surface area contributed by atoms with E-state index in [9.17, 15) is 14.4 Å². The lowest BCUT2D eigenvalue weighted by Gasteiger charge is -2.28. The van der Waals surface area contributed by atoms with Crippen molar-refractivity contribution >= 4 is 17.7 Å². The second-order valence-electron chi connectivity index (χ2n) is 6.30. The Hall–Kier alpha value is -3.15. The van der Waals surface area contributed by atoms with Crippen molar-refractivity contribution in [1.29, 1.82) is 0 Å². The molecule has 6 heteroatoms. The second kappa shape index (κ2) is 7.39. The highest BCUT2D eigenvalue weighted by Gasteiger charge is 2.23. The van der Waals surface area contributed by atoms with Crippen molar-refractivity contribution in [3.8, 4) is 0 Å². The zero-order valence-corrected chi connectivity index (χ0v) is 14.6. The van der Waals surface area contributed by atoms with Crippen molar-refractivity contribution < 1.29 is 14.4 Å². The number of amides is 3. The van der Waals surface area contributed by atoms with Gasteiger partial charge in [-0.1, -0.05) is 24.3 Å². The first-order valence-electron chi connectivity index (χ1n) is 8.54. The van der Waals surface area contributed by atoms with Crippen LogP contribution in [0, 0.1) is 6.92 Å². The summed E-state index contributed by atoms with van der Waals surface area (Å²) in [5.41, 5.74) is 8.42. The fourth-order valence-electron chi connectivity index (χ4n) is 3.24. The van der Waals surface area contributed by atoms with E-state index >= 15 is 0 Å². The van der Waals surface area contributed by atoms with Crippen molar-refractivity contribution in [3.63, 3.8) is 0 Å². The molecule has 0 fully saturated rings. The molecule has 0 spiro atoms. The molecule has 0 aromatic heterocycles. The van der Waals surface area contributed by atoms with Gasteiger partial charge in [0.05, 0.1) is 0 Å². The topological polar surface area (TPSA) is 92.5 Å². The molecule has 1 aliphatic heterocycles. The highest BCUT2D eigenvalue weighted by atomic mass is 16.2. The summed E-state index contributed by atoms with van der Waals surface area (Å²) in [6.45, 7) is 3.11. The lowest BCUT2D eigenvalue weighted by molar-refractivity contribution is 0.0733. The molecule has 0 radical (unpaired) electrons. The summed E-state index contributed by atoms with van der Waals surface area (Å²) in [7, 11) is 0. The molecule has 1 heterocycles. The predicted octanol–water partition coefficient (Wildman–Crippen LogP) is 1.52. The molecule has 134 valence electrons. The smallest absolute Gasteiger partial charge is 0.254 e. The third-order valence-corrected chi connectivity index (χ3v) is 4.70. The molecule has 1 aliphatic rings. The van der Waals surface area contributed by atoms with Crippen LogP contribution in [0.5, 0.6) is 0 Å². The van der Waals surface area contributed by atoms with Crippen LogP contribution in [0.1, 0.15) is 42.2 Å². The van der Waals surface area contributed by atoms with Crippen LogP contribution < -0.4 is 11.1 Å². The zero-order chi connectivity index (χ0) is 18.7. The summed E-state index contributed by atoms with van der Waals surface area (Å²) in [6, 6.07) is 12.5. The van der Waals surface area contributed by atoms with Gasteiger partial charge in [-0.05, 0) is 42.7 Å². The molecular weight excluding hydrogens is 330 g/mol. The molecule has 0 unspecified atom stereocenters. The highest BCUT2D eigenvalue weighted by molar-refractivity contribution is 6.01. The molecule has 3 amide bonds. The van der Waals surface area contributed by atoms with Gasteiger partial charge < -0.3 is 16.0 Å². The van der Waals surface area contributed by atoms with Gasteiger partial charge in [0.25, 0.3) is 11.8 Å². The lowest BCUT2D eigenvalue weighted by atomic mass is 9.99. The third kappa shape index (κ3) is 3.44. The molecule has 26 heavy (non-hydrogen) atoms. The maximum atomic E-state index is 12.5. The molecule has 2 aromatic carbocycles. The quantitative estimate of drug-likeness (QED) is 0.855. The van der Waals surface area contributed by atoms with E-state index in [4.69, 9.17) is 5.73 Å². The number of nitrogens with one attached hydrogen (secondary N) is 1. The number of hydrogen-bond acceptors (Lipinski definition) is 3. The Bertz CT molecular complexity index is 876. The summed E-state index contributed by atoms with van der Waals surface area (Å²) in [5.74, 6) is -0.849. The first-order valence-corrected chi connectivity index (χ1v) is 8.54. The molecule has 3 N–H and O–H groups in total. The summed E-state index contributed by atoms with van der Waals surface area (Å²) in [6.07, 6.45) is 0.815. The number of nitrogens with zero attached hydrogens (tertiary/aromatic N) is 1. The van der Waals surface area contributed by atoms with Gasteiger partial charge in [-0.2, -0.15) is 0 Å². The first-order chi connectivity index (χ1) is 12.5. The van der Waals surface area contributed by atoms with E-state index in [2.05, 4.69) is 5.32 Å². The maximum absolute atomic E-state index is 12.5. The molecule has 2 aromatic rings. The van der Waals surface area contributed by atoms with Crippen LogP contribution in [-0.4, -0.2) is 42.3 Å². The van der Waals surface area contributed by atoms with Gasteiger partial charge >= 0.3 is 0 Å². The SMILES string of the molecule is Cc1c(C(N)=O)cccc1C(=O)NCCN1CCc2ccccc2C1=O. The van der Waals surface area contributed by atoms with E-state index < -0.39 is 5.91 Å². The number of fused-ring (bicyclic) bond motifs is 1. The lowest BCUT2D eigenvalue weighted by Crippen LogP contribution is -2.42.